The third kappa shape index (κ3) is 3.83. The molecule has 2 aromatic rings. The topological polar surface area (TPSA) is 54.0 Å². The SMILES string of the molecule is CCNC(C)c1csc(NC(=O)c2ccc(F)cc2F)n1. The summed E-state index contributed by atoms with van der Waals surface area (Å²) in [5.41, 5.74) is 0.588. The number of halogens is 2. The molecule has 0 spiro atoms. The van der Waals surface area contributed by atoms with Crippen LogP contribution in [0.3, 0.4) is 0 Å². The Morgan fingerprint density at radius 2 is 2.19 bits per heavy atom. The molecule has 0 fully saturated rings. The van der Waals surface area contributed by atoms with Crippen LogP contribution < -0.4 is 10.6 Å². The molecule has 7 heteroatoms. The van der Waals surface area contributed by atoms with Crippen LogP contribution >= 0.6 is 11.3 Å². The third-order valence-electron chi connectivity index (χ3n) is 2.87. The maximum Gasteiger partial charge on any atom is 0.260 e. The molecule has 0 aliphatic rings. The van der Waals surface area contributed by atoms with Crippen molar-refractivity contribution < 1.29 is 13.6 Å². The number of benzene rings is 1. The molecule has 0 saturated carbocycles. The van der Waals surface area contributed by atoms with Gasteiger partial charge in [0.15, 0.2) is 5.13 Å². The van der Waals surface area contributed by atoms with E-state index in [1.807, 2.05) is 19.2 Å². The van der Waals surface area contributed by atoms with Gasteiger partial charge in [0.05, 0.1) is 11.3 Å². The highest BCUT2D eigenvalue weighted by Gasteiger charge is 2.15. The van der Waals surface area contributed by atoms with E-state index in [2.05, 4.69) is 15.6 Å². The lowest BCUT2D eigenvalue weighted by atomic mass is 10.2. The first kappa shape index (κ1) is 15.5. The fourth-order valence-electron chi connectivity index (χ4n) is 1.79. The van der Waals surface area contributed by atoms with Crippen molar-refractivity contribution in [3.05, 3.63) is 46.5 Å². The van der Waals surface area contributed by atoms with E-state index in [0.717, 1.165) is 24.4 Å². The number of aromatic nitrogens is 1. The molecule has 0 saturated heterocycles. The van der Waals surface area contributed by atoms with Gasteiger partial charge >= 0.3 is 0 Å². The fourth-order valence-corrected chi connectivity index (χ4v) is 2.59. The quantitative estimate of drug-likeness (QED) is 0.890. The molecule has 2 N–H and O–H groups in total. The summed E-state index contributed by atoms with van der Waals surface area (Å²) in [5.74, 6) is -2.27. The second-order valence-corrected chi connectivity index (χ2v) is 5.29. The number of hydrogen-bond acceptors (Lipinski definition) is 4. The van der Waals surface area contributed by atoms with Gasteiger partial charge in [-0.3, -0.25) is 10.1 Å². The Hall–Kier alpha value is -1.86. The first-order chi connectivity index (χ1) is 10.0. The van der Waals surface area contributed by atoms with E-state index >= 15 is 0 Å². The van der Waals surface area contributed by atoms with Gasteiger partial charge in [0.25, 0.3) is 5.91 Å². The van der Waals surface area contributed by atoms with Gasteiger partial charge in [-0.15, -0.1) is 11.3 Å². The Balaban J connectivity index is 2.09. The lowest BCUT2D eigenvalue weighted by molar-refractivity contribution is 0.102. The fraction of sp³-hybridized carbons (Fsp3) is 0.286. The second kappa shape index (κ2) is 6.73. The van der Waals surface area contributed by atoms with E-state index in [0.29, 0.717) is 11.2 Å². The minimum Gasteiger partial charge on any atom is -0.309 e. The average Bonchev–Trinajstić information content (AvgIpc) is 2.87. The minimum absolute atomic E-state index is 0.0689. The molecular formula is C14H15F2N3OS. The largest absolute Gasteiger partial charge is 0.309 e. The summed E-state index contributed by atoms with van der Waals surface area (Å²) in [6.45, 7) is 4.76. The smallest absolute Gasteiger partial charge is 0.260 e. The highest BCUT2D eigenvalue weighted by atomic mass is 32.1. The third-order valence-corrected chi connectivity index (χ3v) is 3.65. The standard InChI is InChI=1S/C14H15F2N3OS/c1-3-17-8(2)12-7-21-14(18-12)19-13(20)10-5-4-9(15)6-11(10)16/h4-8,17H,3H2,1-2H3,(H,18,19,20). The number of rotatable bonds is 5. The lowest BCUT2D eigenvalue weighted by Crippen LogP contribution is -2.18. The normalized spacial score (nSPS) is 12.2. The summed E-state index contributed by atoms with van der Waals surface area (Å²) < 4.78 is 26.3. The van der Waals surface area contributed by atoms with Crippen LogP contribution in [0.25, 0.3) is 0 Å². The van der Waals surface area contributed by atoms with Gasteiger partial charge < -0.3 is 5.32 Å². The molecule has 0 aliphatic heterocycles. The molecule has 0 radical (unpaired) electrons. The number of thiazole rings is 1. The molecule has 1 amide bonds. The molecule has 2 rings (SSSR count). The van der Waals surface area contributed by atoms with Gasteiger partial charge in [-0.05, 0) is 25.6 Å². The molecular weight excluding hydrogens is 296 g/mol. The predicted octanol–water partition coefficient (Wildman–Crippen LogP) is 3.34. The van der Waals surface area contributed by atoms with E-state index < -0.39 is 17.5 Å². The molecule has 0 aliphatic carbocycles. The van der Waals surface area contributed by atoms with Crippen LogP contribution in [0.15, 0.2) is 23.6 Å². The van der Waals surface area contributed by atoms with E-state index in [1.165, 1.54) is 11.3 Å². The molecule has 1 atom stereocenters. The van der Waals surface area contributed by atoms with Crippen LogP contribution in [0.5, 0.6) is 0 Å². The number of carbonyl (C=O) groups excluding carboxylic acids is 1. The van der Waals surface area contributed by atoms with Crippen LogP contribution in [-0.2, 0) is 0 Å². The van der Waals surface area contributed by atoms with E-state index in [1.54, 1.807) is 0 Å². The average molecular weight is 311 g/mol. The maximum absolute atomic E-state index is 13.5. The van der Waals surface area contributed by atoms with Crippen molar-refractivity contribution in [3.8, 4) is 0 Å². The van der Waals surface area contributed by atoms with Gasteiger partial charge in [0.2, 0.25) is 0 Å². The summed E-state index contributed by atoms with van der Waals surface area (Å²) in [4.78, 5) is 16.2. The molecule has 21 heavy (non-hydrogen) atoms. The summed E-state index contributed by atoms with van der Waals surface area (Å²) in [7, 11) is 0. The number of amides is 1. The highest BCUT2D eigenvalue weighted by Crippen LogP contribution is 2.21. The van der Waals surface area contributed by atoms with Crippen LogP contribution in [-0.4, -0.2) is 17.4 Å². The van der Waals surface area contributed by atoms with Crippen LogP contribution in [0.1, 0.15) is 35.9 Å². The minimum atomic E-state index is -0.898. The van der Waals surface area contributed by atoms with Crippen molar-refractivity contribution in [1.29, 1.82) is 0 Å². The van der Waals surface area contributed by atoms with Crippen molar-refractivity contribution in [2.45, 2.75) is 19.9 Å². The lowest BCUT2D eigenvalue weighted by Gasteiger charge is -2.08. The molecule has 112 valence electrons. The van der Waals surface area contributed by atoms with Crippen molar-refractivity contribution in [2.24, 2.45) is 0 Å². The Morgan fingerprint density at radius 1 is 1.43 bits per heavy atom. The first-order valence-electron chi connectivity index (χ1n) is 6.46. The molecule has 1 aromatic carbocycles. The number of anilines is 1. The van der Waals surface area contributed by atoms with Gasteiger partial charge in [-0.1, -0.05) is 6.92 Å². The van der Waals surface area contributed by atoms with Crippen molar-refractivity contribution in [1.82, 2.24) is 10.3 Å². The molecule has 1 aromatic heterocycles. The Labute approximate surface area is 125 Å². The molecule has 1 unspecified atom stereocenters. The number of hydrogen-bond donors (Lipinski definition) is 2. The zero-order valence-electron chi connectivity index (χ0n) is 11.6. The molecule has 0 bridgehead atoms. The predicted molar refractivity (Wildman–Crippen MR) is 78.5 cm³/mol. The number of nitrogens with zero attached hydrogens (tertiary/aromatic N) is 1. The van der Waals surface area contributed by atoms with Gasteiger partial charge in [-0.2, -0.15) is 0 Å². The highest BCUT2D eigenvalue weighted by molar-refractivity contribution is 7.14. The van der Waals surface area contributed by atoms with Crippen molar-refractivity contribution in [2.75, 3.05) is 11.9 Å². The van der Waals surface area contributed by atoms with E-state index in [-0.39, 0.29) is 11.6 Å². The van der Waals surface area contributed by atoms with E-state index in [9.17, 15) is 13.6 Å². The Kier molecular flexibility index (Phi) is 4.98. The molecule has 1 heterocycles. The van der Waals surface area contributed by atoms with Crippen molar-refractivity contribution >= 4 is 22.4 Å². The molecule has 4 nitrogen and oxygen atoms in total. The first-order valence-corrected chi connectivity index (χ1v) is 7.34. The zero-order chi connectivity index (χ0) is 15.4. The Bertz CT molecular complexity index is 645. The second-order valence-electron chi connectivity index (χ2n) is 4.44. The van der Waals surface area contributed by atoms with Crippen molar-refractivity contribution in [3.63, 3.8) is 0 Å². The van der Waals surface area contributed by atoms with Gasteiger partial charge in [-0.25, -0.2) is 13.8 Å². The van der Waals surface area contributed by atoms with Crippen LogP contribution in [0, 0.1) is 11.6 Å². The maximum atomic E-state index is 13.5. The Morgan fingerprint density at radius 3 is 2.86 bits per heavy atom. The summed E-state index contributed by atoms with van der Waals surface area (Å²) in [6, 6.07) is 2.89. The van der Waals surface area contributed by atoms with Crippen LogP contribution in [0.2, 0.25) is 0 Å². The van der Waals surface area contributed by atoms with E-state index in [4.69, 9.17) is 0 Å². The number of nitrogens with one attached hydrogen (secondary N) is 2. The summed E-state index contributed by atoms with van der Waals surface area (Å²) in [6.07, 6.45) is 0. The van der Waals surface area contributed by atoms with Gasteiger partial charge in [0, 0.05) is 17.5 Å². The zero-order valence-corrected chi connectivity index (χ0v) is 12.4. The van der Waals surface area contributed by atoms with Gasteiger partial charge in [0.1, 0.15) is 11.6 Å². The number of carbonyl (C=O) groups is 1. The summed E-state index contributed by atoms with van der Waals surface area (Å²) >= 11 is 1.26. The van der Waals surface area contributed by atoms with Crippen LogP contribution in [0.4, 0.5) is 13.9 Å². The monoisotopic (exact) mass is 311 g/mol. The summed E-state index contributed by atoms with van der Waals surface area (Å²) in [5, 5.41) is 7.92.